The molecule has 4 heterocycles. The molecule has 0 aromatic carbocycles. The van der Waals surface area contributed by atoms with E-state index in [2.05, 4.69) is 30.2 Å². The van der Waals surface area contributed by atoms with Crippen molar-refractivity contribution in [1.29, 1.82) is 0 Å². The number of nitrogens with one attached hydrogen (secondary N) is 2. The number of nitrogens with zero attached hydrogens (tertiary/aromatic N) is 4. The van der Waals surface area contributed by atoms with Gasteiger partial charge in [-0.05, 0) is 42.4 Å². The Morgan fingerprint density at radius 3 is 2.81 bits per heavy atom. The van der Waals surface area contributed by atoms with Gasteiger partial charge in [0.25, 0.3) is 5.91 Å². The molecule has 26 heavy (non-hydrogen) atoms. The van der Waals surface area contributed by atoms with Crippen LogP contribution in [0.1, 0.15) is 16.9 Å². The molecule has 0 radical (unpaired) electrons. The summed E-state index contributed by atoms with van der Waals surface area (Å²) in [4.78, 5) is 30.4. The zero-order chi connectivity index (χ0) is 17.5. The molecule has 2 fully saturated rings. The smallest absolute Gasteiger partial charge is 0.267 e. The second-order valence-corrected chi connectivity index (χ2v) is 7.14. The number of aromatic amines is 1. The van der Waals surface area contributed by atoms with E-state index in [4.69, 9.17) is 0 Å². The normalized spacial score (nSPS) is 23.8. The van der Waals surface area contributed by atoms with E-state index in [1.807, 2.05) is 18.2 Å². The minimum atomic E-state index is -0.0497. The Morgan fingerprint density at radius 1 is 1.23 bits per heavy atom. The Kier molecular flexibility index (Phi) is 3.58. The van der Waals surface area contributed by atoms with Crippen LogP contribution in [0.2, 0.25) is 0 Å². The lowest BCUT2D eigenvalue weighted by Gasteiger charge is -2.19. The number of aromatic nitrogens is 4. The van der Waals surface area contributed by atoms with Crippen LogP contribution in [0, 0.1) is 17.8 Å². The number of amides is 1. The third kappa shape index (κ3) is 2.69. The number of carbonyl (C=O) groups excluding carboxylic acids is 1. The summed E-state index contributed by atoms with van der Waals surface area (Å²) in [7, 11) is 0. The lowest BCUT2D eigenvalue weighted by molar-refractivity contribution is 0.0948. The fourth-order valence-electron chi connectivity index (χ4n) is 4.24. The van der Waals surface area contributed by atoms with Crippen LogP contribution in [-0.2, 0) is 0 Å². The van der Waals surface area contributed by atoms with Gasteiger partial charge in [0, 0.05) is 55.3 Å². The SMILES string of the molecule is O=C(NCCC1C2CN(c3ncccn3)CC12)c1cc2cnccc2[nH]1. The first kappa shape index (κ1) is 15.3. The van der Waals surface area contributed by atoms with E-state index in [0.29, 0.717) is 18.2 Å². The molecule has 1 aliphatic heterocycles. The Hall–Kier alpha value is -2.96. The van der Waals surface area contributed by atoms with Gasteiger partial charge < -0.3 is 15.2 Å². The van der Waals surface area contributed by atoms with Crippen LogP contribution >= 0.6 is 0 Å². The van der Waals surface area contributed by atoms with Crippen LogP contribution in [0.5, 0.6) is 0 Å². The maximum Gasteiger partial charge on any atom is 0.267 e. The number of pyridine rings is 1. The number of piperidine rings is 1. The number of fused-ring (bicyclic) bond motifs is 2. The van der Waals surface area contributed by atoms with Crippen LogP contribution in [0.3, 0.4) is 0 Å². The minimum absolute atomic E-state index is 0.0497. The van der Waals surface area contributed by atoms with Crippen molar-refractivity contribution in [2.45, 2.75) is 6.42 Å². The van der Waals surface area contributed by atoms with Gasteiger partial charge in [-0.3, -0.25) is 9.78 Å². The van der Waals surface area contributed by atoms with Crippen molar-refractivity contribution in [3.8, 4) is 0 Å². The van der Waals surface area contributed by atoms with Gasteiger partial charge in [0.2, 0.25) is 5.95 Å². The molecule has 7 heteroatoms. The molecule has 1 saturated heterocycles. The van der Waals surface area contributed by atoms with Crippen LogP contribution in [0.4, 0.5) is 5.95 Å². The first-order valence-corrected chi connectivity index (χ1v) is 9.02. The number of anilines is 1. The highest BCUT2D eigenvalue weighted by Gasteiger charge is 2.55. The lowest BCUT2D eigenvalue weighted by atomic mass is 10.2. The molecule has 0 spiro atoms. The topological polar surface area (TPSA) is 86.8 Å². The zero-order valence-corrected chi connectivity index (χ0v) is 14.3. The molecule has 5 rings (SSSR count). The number of H-pyrrole nitrogens is 1. The Labute approximate surface area is 150 Å². The number of carbonyl (C=O) groups is 1. The third-order valence-corrected chi connectivity index (χ3v) is 5.64. The summed E-state index contributed by atoms with van der Waals surface area (Å²) >= 11 is 0. The highest BCUT2D eigenvalue weighted by atomic mass is 16.1. The number of hydrogen-bond acceptors (Lipinski definition) is 5. The standard InChI is InChI=1S/C19H20N6O/c26-18(17-8-12-9-20-6-3-16(12)24-17)21-7-2-13-14-10-25(11-15(13)14)19-22-4-1-5-23-19/h1,3-6,8-9,13-15,24H,2,7,10-11H2,(H,21,26). The average molecular weight is 348 g/mol. The molecule has 2 atom stereocenters. The summed E-state index contributed by atoms with van der Waals surface area (Å²) in [5.74, 6) is 2.93. The van der Waals surface area contributed by atoms with Gasteiger partial charge in [-0.1, -0.05) is 0 Å². The summed E-state index contributed by atoms with van der Waals surface area (Å²) < 4.78 is 0. The van der Waals surface area contributed by atoms with Crippen molar-refractivity contribution in [2.75, 3.05) is 24.5 Å². The second kappa shape index (κ2) is 6.09. The summed E-state index contributed by atoms with van der Waals surface area (Å²) in [5, 5.41) is 3.99. The molecular formula is C19H20N6O. The maximum atomic E-state index is 12.3. The summed E-state index contributed by atoms with van der Waals surface area (Å²) in [6, 6.07) is 5.57. The van der Waals surface area contributed by atoms with Crippen LogP contribution in [-0.4, -0.2) is 45.5 Å². The summed E-state index contributed by atoms with van der Waals surface area (Å²) in [6.07, 6.45) is 8.09. The molecule has 3 aromatic rings. The summed E-state index contributed by atoms with van der Waals surface area (Å²) in [5.41, 5.74) is 1.53. The van der Waals surface area contributed by atoms with Gasteiger partial charge in [-0.15, -0.1) is 0 Å². The monoisotopic (exact) mass is 348 g/mol. The van der Waals surface area contributed by atoms with Gasteiger partial charge >= 0.3 is 0 Å². The predicted octanol–water partition coefficient (Wildman–Crippen LogP) is 1.86. The third-order valence-electron chi connectivity index (χ3n) is 5.64. The van der Waals surface area contributed by atoms with E-state index in [1.54, 1.807) is 24.8 Å². The van der Waals surface area contributed by atoms with E-state index >= 15 is 0 Å². The quantitative estimate of drug-likeness (QED) is 0.735. The number of hydrogen-bond donors (Lipinski definition) is 2. The van der Waals surface area contributed by atoms with E-state index in [9.17, 15) is 4.79 Å². The molecule has 7 nitrogen and oxygen atoms in total. The molecular weight excluding hydrogens is 328 g/mol. The highest BCUT2D eigenvalue weighted by Crippen LogP contribution is 2.53. The van der Waals surface area contributed by atoms with Crippen molar-refractivity contribution in [3.05, 3.63) is 48.7 Å². The van der Waals surface area contributed by atoms with Gasteiger partial charge in [-0.2, -0.15) is 0 Å². The Balaban J connectivity index is 1.11. The second-order valence-electron chi connectivity index (χ2n) is 7.14. The van der Waals surface area contributed by atoms with Crippen molar-refractivity contribution in [1.82, 2.24) is 25.3 Å². The molecule has 2 unspecified atom stereocenters. The van der Waals surface area contributed by atoms with E-state index in [-0.39, 0.29) is 5.91 Å². The average Bonchev–Trinajstić information content (AvgIpc) is 3.07. The Bertz CT molecular complexity index is 894. The first-order chi connectivity index (χ1) is 12.8. The zero-order valence-electron chi connectivity index (χ0n) is 14.3. The van der Waals surface area contributed by atoms with Gasteiger partial charge in [0.15, 0.2) is 0 Å². The molecule has 3 aromatic heterocycles. The van der Waals surface area contributed by atoms with Crippen LogP contribution in [0.15, 0.2) is 43.0 Å². The van der Waals surface area contributed by atoms with Crippen LogP contribution < -0.4 is 10.2 Å². The van der Waals surface area contributed by atoms with Gasteiger partial charge in [-0.25, -0.2) is 9.97 Å². The molecule has 1 aliphatic carbocycles. The fourth-order valence-corrected chi connectivity index (χ4v) is 4.24. The lowest BCUT2D eigenvalue weighted by Crippen LogP contribution is -2.28. The minimum Gasteiger partial charge on any atom is -0.351 e. The van der Waals surface area contributed by atoms with E-state index < -0.39 is 0 Å². The van der Waals surface area contributed by atoms with Gasteiger partial charge in [0.05, 0.1) is 0 Å². The van der Waals surface area contributed by atoms with E-state index in [0.717, 1.165) is 48.2 Å². The Morgan fingerprint density at radius 2 is 2.04 bits per heavy atom. The van der Waals surface area contributed by atoms with Crippen molar-refractivity contribution in [3.63, 3.8) is 0 Å². The molecule has 132 valence electrons. The molecule has 0 bridgehead atoms. The summed E-state index contributed by atoms with van der Waals surface area (Å²) in [6.45, 7) is 2.77. The van der Waals surface area contributed by atoms with Crippen molar-refractivity contribution in [2.24, 2.45) is 17.8 Å². The predicted molar refractivity (Wildman–Crippen MR) is 97.8 cm³/mol. The fraction of sp³-hybridized carbons (Fsp3) is 0.368. The van der Waals surface area contributed by atoms with Crippen LogP contribution in [0.25, 0.3) is 10.9 Å². The number of rotatable bonds is 5. The molecule has 1 amide bonds. The molecule has 2 aliphatic rings. The first-order valence-electron chi connectivity index (χ1n) is 9.02. The largest absolute Gasteiger partial charge is 0.351 e. The molecule has 1 saturated carbocycles. The van der Waals surface area contributed by atoms with Crippen molar-refractivity contribution < 1.29 is 4.79 Å². The van der Waals surface area contributed by atoms with Crippen molar-refractivity contribution >= 4 is 22.8 Å². The maximum absolute atomic E-state index is 12.3. The van der Waals surface area contributed by atoms with E-state index in [1.165, 1.54) is 0 Å². The van der Waals surface area contributed by atoms with Gasteiger partial charge in [0.1, 0.15) is 5.69 Å². The molecule has 2 N–H and O–H groups in total. The highest BCUT2D eigenvalue weighted by molar-refractivity contribution is 5.97.